The third kappa shape index (κ3) is 12.2. The van der Waals surface area contributed by atoms with Gasteiger partial charge in [-0.3, -0.25) is 14.4 Å². The first-order chi connectivity index (χ1) is 16.7. The average Bonchev–Trinajstić information content (AvgIpc) is 2.82. The van der Waals surface area contributed by atoms with Crippen LogP contribution in [-0.2, 0) is 25.5 Å². The molecule has 0 saturated carbocycles. The number of rotatable bonds is 16. The molecule has 0 radical (unpaired) electrons. The van der Waals surface area contributed by atoms with E-state index in [1.807, 2.05) is 52.0 Å². The Morgan fingerprint density at radius 2 is 1.66 bits per heavy atom. The van der Waals surface area contributed by atoms with Gasteiger partial charge in [0.2, 0.25) is 17.7 Å². The summed E-state index contributed by atoms with van der Waals surface area (Å²) in [7, 11) is 0. The van der Waals surface area contributed by atoms with E-state index in [-0.39, 0.29) is 43.7 Å². The minimum absolute atomic E-state index is 0.146. The second-order valence-electron chi connectivity index (χ2n) is 8.69. The number of anilines is 1. The predicted molar refractivity (Wildman–Crippen MR) is 136 cm³/mol. The summed E-state index contributed by atoms with van der Waals surface area (Å²) >= 11 is 0. The van der Waals surface area contributed by atoms with Gasteiger partial charge in [0.1, 0.15) is 12.1 Å². The maximum Gasteiger partial charge on any atom is 0.312 e. The van der Waals surface area contributed by atoms with E-state index in [4.69, 9.17) is 10.5 Å². The Kier molecular flexibility index (Phi) is 14.1. The van der Waals surface area contributed by atoms with Crippen LogP contribution >= 0.6 is 0 Å². The molecule has 0 aliphatic heterocycles. The number of primary amides is 1. The van der Waals surface area contributed by atoms with Gasteiger partial charge in [-0.2, -0.15) is 0 Å². The van der Waals surface area contributed by atoms with Crippen LogP contribution in [0.1, 0.15) is 58.9 Å². The Morgan fingerprint density at radius 3 is 2.23 bits per heavy atom. The number of carbonyl (C=O) groups excluding carboxylic acids is 4. The first kappa shape index (κ1) is 29.9. The number of benzene rings is 1. The zero-order valence-electron chi connectivity index (χ0n) is 21.3. The summed E-state index contributed by atoms with van der Waals surface area (Å²) in [5.74, 6) is -1.33. The third-order valence-corrected chi connectivity index (χ3v) is 5.32. The number of hydrogen-bond donors (Lipinski definition) is 5. The van der Waals surface area contributed by atoms with Crippen LogP contribution in [0.15, 0.2) is 24.3 Å². The van der Waals surface area contributed by atoms with Crippen molar-refractivity contribution in [2.24, 2.45) is 11.7 Å². The van der Waals surface area contributed by atoms with Crippen LogP contribution in [0.5, 0.6) is 0 Å². The van der Waals surface area contributed by atoms with E-state index in [0.29, 0.717) is 18.7 Å². The fraction of sp³-hybridized carbons (Fsp3) is 0.600. The Balaban J connectivity index is 2.84. The van der Waals surface area contributed by atoms with Crippen molar-refractivity contribution in [2.75, 3.05) is 25.1 Å². The van der Waals surface area contributed by atoms with Gasteiger partial charge in [0, 0.05) is 25.3 Å². The highest BCUT2D eigenvalue weighted by Crippen LogP contribution is 2.12. The second-order valence-corrected chi connectivity index (χ2v) is 8.69. The molecule has 0 fully saturated rings. The van der Waals surface area contributed by atoms with Gasteiger partial charge in [0.15, 0.2) is 0 Å². The van der Waals surface area contributed by atoms with Crippen molar-refractivity contribution < 1.29 is 23.9 Å². The van der Waals surface area contributed by atoms with Gasteiger partial charge in [0.25, 0.3) is 0 Å². The summed E-state index contributed by atoms with van der Waals surface area (Å²) < 4.78 is 5.34. The lowest BCUT2D eigenvalue weighted by Crippen LogP contribution is -2.54. The van der Waals surface area contributed by atoms with Crippen molar-refractivity contribution in [3.05, 3.63) is 29.8 Å². The number of nitrogens with two attached hydrogens (primary N) is 1. The summed E-state index contributed by atoms with van der Waals surface area (Å²) in [5, 5.41) is 10.8. The lowest BCUT2D eigenvalue weighted by Gasteiger charge is -2.25. The van der Waals surface area contributed by atoms with Gasteiger partial charge in [-0.25, -0.2) is 4.79 Å². The van der Waals surface area contributed by atoms with Crippen LogP contribution < -0.4 is 27.0 Å². The standard InChI is InChI=1S/C25H41N5O5/c1-5-15-35-16-13-21(31)30-22(17(3)4)24(33)29-20(8-7-14-27-25(26)34)23(32)28-19-11-9-18(6-2)10-12-19/h9-12,17,20,22H,5-8,13-16H2,1-4H3,(H,28,32)(H,29,33)(H,30,31)(H3,26,27,34)/t20-,22-/m0/s1. The number of carbonyl (C=O) groups is 4. The molecule has 5 amide bonds. The van der Waals surface area contributed by atoms with Gasteiger partial charge in [0.05, 0.1) is 6.61 Å². The van der Waals surface area contributed by atoms with Crippen LogP contribution in [-0.4, -0.2) is 55.6 Å². The molecule has 1 rings (SSSR count). The molecule has 0 aliphatic rings. The zero-order valence-corrected chi connectivity index (χ0v) is 21.3. The predicted octanol–water partition coefficient (Wildman–Crippen LogP) is 2.08. The highest BCUT2D eigenvalue weighted by molar-refractivity contribution is 5.98. The molecule has 0 bridgehead atoms. The van der Waals surface area contributed by atoms with Crippen LogP contribution in [0.2, 0.25) is 0 Å². The molecule has 10 heteroatoms. The molecule has 196 valence electrons. The molecular weight excluding hydrogens is 450 g/mol. The average molecular weight is 492 g/mol. The highest BCUT2D eigenvalue weighted by atomic mass is 16.5. The summed E-state index contributed by atoms with van der Waals surface area (Å²) in [6.45, 7) is 8.78. The summed E-state index contributed by atoms with van der Waals surface area (Å²) in [4.78, 5) is 49.3. The Bertz CT molecular complexity index is 813. The number of hydrogen-bond acceptors (Lipinski definition) is 5. The Hall–Kier alpha value is -3.14. The first-order valence-electron chi connectivity index (χ1n) is 12.3. The molecular formula is C25H41N5O5. The summed E-state index contributed by atoms with van der Waals surface area (Å²) in [6.07, 6.45) is 2.58. The third-order valence-electron chi connectivity index (χ3n) is 5.32. The highest BCUT2D eigenvalue weighted by Gasteiger charge is 2.28. The molecule has 1 aromatic carbocycles. The van der Waals surface area contributed by atoms with E-state index in [2.05, 4.69) is 21.3 Å². The molecule has 0 saturated heterocycles. The van der Waals surface area contributed by atoms with Gasteiger partial charge < -0.3 is 31.7 Å². The van der Waals surface area contributed by atoms with E-state index < -0.39 is 24.0 Å². The number of nitrogens with one attached hydrogen (secondary N) is 4. The maximum absolute atomic E-state index is 13.1. The van der Waals surface area contributed by atoms with E-state index in [1.54, 1.807) is 0 Å². The number of ether oxygens (including phenoxy) is 1. The molecule has 1 aromatic rings. The molecule has 6 N–H and O–H groups in total. The Morgan fingerprint density at radius 1 is 0.971 bits per heavy atom. The van der Waals surface area contributed by atoms with Gasteiger partial charge >= 0.3 is 6.03 Å². The molecule has 0 spiro atoms. The molecule has 10 nitrogen and oxygen atoms in total. The Labute approximate surface area is 208 Å². The summed E-state index contributed by atoms with van der Waals surface area (Å²) in [6, 6.07) is 5.13. The van der Waals surface area contributed by atoms with Gasteiger partial charge in [-0.05, 0) is 49.3 Å². The molecule has 0 unspecified atom stereocenters. The molecule has 0 aliphatic carbocycles. The molecule has 35 heavy (non-hydrogen) atoms. The smallest absolute Gasteiger partial charge is 0.312 e. The molecule has 2 atom stereocenters. The van der Waals surface area contributed by atoms with Crippen molar-refractivity contribution in [2.45, 2.75) is 71.9 Å². The summed E-state index contributed by atoms with van der Waals surface area (Å²) in [5.41, 5.74) is 6.85. The fourth-order valence-corrected chi connectivity index (χ4v) is 3.29. The maximum atomic E-state index is 13.1. The van der Waals surface area contributed by atoms with E-state index in [1.165, 1.54) is 0 Å². The quantitative estimate of drug-likeness (QED) is 0.224. The minimum atomic E-state index is -0.867. The second kappa shape index (κ2) is 16.5. The zero-order chi connectivity index (χ0) is 26.2. The van der Waals surface area contributed by atoms with E-state index >= 15 is 0 Å². The normalized spacial score (nSPS) is 12.5. The van der Waals surface area contributed by atoms with Crippen LogP contribution in [0.25, 0.3) is 0 Å². The first-order valence-corrected chi connectivity index (χ1v) is 12.3. The van der Waals surface area contributed by atoms with Crippen molar-refractivity contribution >= 4 is 29.4 Å². The molecule has 0 aromatic heterocycles. The lowest BCUT2D eigenvalue weighted by atomic mass is 10.0. The van der Waals surface area contributed by atoms with Gasteiger partial charge in [-0.15, -0.1) is 0 Å². The molecule has 0 heterocycles. The van der Waals surface area contributed by atoms with Crippen molar-refractivity contribution in [1.29, 1.82) is 0 Å². The minimum Gasteiger partial charge on any atom is -0.381 e. The number of amides is 5. The van der Waals surface area contributed by atoms with E-state index in [0.717, 1.165) is 18.4 Å². The van der Waals surface area contributed by atoms with Crippen molar-refractivity contribution in [3.63, 3.8) is 0 Å². The monoisotopic (exact) mass is 491 g/mol. The van der Waals surface area contributed by atoms with Crippen molar-refractivity contribution in [3.8, 4) is 0 Å². The lowest BCUT2D eigenvalue weighted by molar-refractivity contribution is -0.132. The largest absolute Gasteiger partial charge is 0.381 e. The number of urea groups is 1. The topological polar surface area (TPSA) is 152 Å². The van der Waals surface area contributed by atoms with Crippen LogP contribution in [0.3, 0.4) is 0 Å². The SMILES string of the molecule is CCCOCCC(=O)N[C@H](C(=O)N[C@@H](CCCNC(N)=O)C(=O)Nc1ccc(CC)cc1)C(C)C. The van der Waals surface area contributed by atoms with Crippen LogP contribution in [0.4, 0.5) is 10.5 Å². The van der Waals surface area contributed by atoms with Crippen molar-refractivity contribution in [1.82, 2.24) is 16.0 Å². The van der Waals surface area contributed by atoms with E-state index in [9.17, 15) is 19.2 Å². The fourth-order valence-electron chi connectivity index (χ4n) is 3.29. The number of aryl methyl sites for hydroxylation is 1. The van der Waals surface area contributed by atoms with Gasteiger partial charge in [-0.1, -0.05) is 39.8 Å². The van der Waals surface area contributed by atoms with Crippen LogP contribution in [0, 0.1) is 5.92 Å².